The number of carbonyl (C=O) groups is 1. The lowest BCUT2D eigenvalue weighted by Crippen LogP contribution is -2.42. The Labute approximate surface area is 153 Å². The number of ether oxygens (including phenoxy) is 1. The molecule has 0 aliphatic heterocycles. The Kier molecular flexibility index (Phi) is 11.0. The van der Waals surface area contributed by atoms with Crippen LogP contribution in [0.2, 0.25) is 0 Å². The highest BCUT2D eigenvalue weighted by Crippen LogP contribution is 2.15. The van der Waals surface area contributed by atoms with E-state index in [1.165, 1.54) is 11.9 Å². The molecule has 154 valence electrons. The molecule has 0 aliphatic rings. The van der Waals surface area contributed by atoms with E-state index in [0.29, 0.717) is 45.1 Å². The quantitative estimate of drug-likeness (QED) is 0.322. The van der Waals surface area contributed by atoms with E-state index < -0.39 is 24.4 Å². The molecule has 7 nitrogen and oxygen atoms in total. The highest BCUT2D eigenvalue weighted by atomic mass is 19.4. The highest BCUT2D eigenvalue weighted by molar-refractivity contribution is 5.79. The van der Waals surface area contributed by atoms with Gasteiger partial charge in [0.2, 0.25) is 0 Å². The van der Waals surface area contributed by atoms with E-state index in [4.69, 9.17) is 4.74 Å². The Morgan fingerprint density at radius 3 is 2.27 bits per heavy atom. The fraction of sp³-hybridized carbons (Fsp3) is 0.875. The van der Waals surface area contributed by atoms with Crippen LogP contribution in [-0.4, -0.2) is 75.0 Å². The molecule has 0 atom stereocenters. The van der Waals surface area contributed by atoms with Gasteiger partial charge in [-0.15, -0.1) is 0 Å². The van der Waals surface area contributed by atoms with Gasteiger partial charge in [0.15, 0.2) is 5.96 Å². The van der Waals surface area contributed by atoms with E-state index in [2.05, 4.69) is 20.9 Å². The lowest BCUT2D eigenvalue weighted by molar-refractivity contribution is -0.143. The first-order chi connectivity index (χ1) is 11.9. The number of halogens is 3. The van der Waals surface area contributed by atoms with Gasteiger partial charge in [0.05, 0.1) is 6.54 Å². The number of alkyl carbamates (subject to hydrolysis) is 1. The van der Waals surface area contributed by atoms with Crippen LogP contribution >= 0.6 is 0 Å². The summed E-state index contributed by atoms with van der Waals surface area (Å²) in [6.07, 6.45) is -4.16. The van der Waals surface area contributed by atoms with Crippen molar-refractivity contribution in [1.82, 2.24) is 20.9 Å². The van der Waals surface area contributed by atoms with E-state index in [0.717, 1.165) is 0 Å². The third kappa shape index (κ3) is 15.8. The number of nitrogens with one attached hydrogen (secondary N) is 3. The molecule has 0 saturated heterocycles. The number of hydrogen-bond donors (Lipinski definition) is 3. The van der Waals surface area contributed by atoms with Crippen LogP contribution in [0.1, 0.15) is 34.1 Å². The average molecular weight is 383 g/mol. The topological polar surface area (TPSA) is 78.0 Å². The van der Waals surface area contributed by atoms with Gasteiger partial charge in [0.1, 0.15) is 5.60 Å². The molecule has 0 unspecified atom stereocenters. The van der Waals surface area contributed by atoms with Crippen LogP contribution in [0.4, 0.5) is 18.0 Å². The molecule has 26 heavy (non-hydrogen) atoms. The first-order valence-electron chi connectivity index (χ1n) is 8.67. The normalized spacial score (nSPS) is 12.9. The molecule has 3 N–H and O–H groups in total. The number of nitrogens with zero attached hydrogens (tertiary/aromatic N) is 2. The predicted octanol–water partition coefficient (Wildman–Crippen LogP) is 1.95. The van der Waals surface area contributed by atoms with Gasteiger partial charge < -0.3 is 20.7 Å². The Morgan fingerprint density at radius 1 is 1.12 bits per heavy atom. The minimum atomic E-state index is -4.18. The van der Waals surface area contributed by atoms with Gasteiger partial charge in [-0.3, -0.25) is 9.89 Å². The van der Waals surface area contributed by atoms with Crippen molar-refractivity contribution in [3.05, 3.63) is 0 Å². The molecule has 0 saturated carbocycles. The highest BCUT2D eigenvalue weighted by Gasteiger charge is 2.28. The molecule has 0 heterocycles. The van der Waals surface area contributed by atoms with Crippen molar-refractivity contribution in [2.24, 2.45) is 4.99 Å². The number of hydrogen-bond acceptors (Lipinski definition) is 4. The van der Waals surface area contributed by atoms with Crippen molar-refractivity contribution in [3.8, 4) is 0 Å². The molecule has 0 fully saturated rings. The lowest BCUT2D eigenvalue weighted by atomic mass is 10.2. The fourth-order valence-electron chi connectivity index (χ4n) is 1.92. The summed E-state index contributed by atoms with van der Waals surface area (Å²) in [5.41, 5.74) is -0.548. The van der Waals surface area contributed by atoms with E-state index in [9.17, 15) is 18.0 Å². The molecule has 0 aromatic rings. The van der Waals surface area contributed by atoms with Gasteiger partial charge in [0.25, 0.3) is 0 Å². The summed E-state index contributed by atoms with van der Waals surface area (Å²) in [6, 6.07) is 0. The van der Waals surface area contributed by atoms with Crippen molar-refractivity contribution >= 4 is 12.1 Å². The maximum Gasteiger partial charge on any atom is 0.407 e. The molecule has 1 amide bonds. The van der Waals surface area contributed by atoms with Crippen molar-refractivity contribution in [2.45, 2.75) is 45.9 Å². The number of aliphatic imine (C=N–C) groups is 1. The fourth-order valence-corrected chi connectivity index (χ4v) is 1.92. The second kappa shape index (κ2) is 11.8. The largest absolute Gasteiger partial charge is 0.444 e. The molecular weight excluding hydrogens is 351 g/mol. The number of rotatable bonds is 9. The molecule has 0 aliphatic carbocycles. The zero-order valence-corrected chi connectivity index (χ0v) is 16.3. The third-order valence-corrected chi connectivity index (χ3v) is 2.85. The lowest BCUT2D eigenvalue weighted by Gasteiger charge is -2.20. The monoisotopic (exact) mass is 383 g/mol. The zero-order valence-electron chi connectivity index (χ0n) is 16.3. The first kappa shape index (κ1) is 24.3. The minimum absolute atomic E-state index is 0.308. The maximum absolute atomic E-state index is 12.2. The maximum atomic E-state index is 12.2. The summed E-state index contributed by atoms with van der Waals surface area (Å²) < 4.78 is 41.8. The van der Waals surface area contributed by atoms with Crippen LogP contribution in [-0.2, 0) is 4.74 Å². The van der Waals surface area contributed by atoms with E-state index >= 15 is 0 Å². The Bertz CT molecular complexity index is 437. The van der Waals surface area contributed by atoms with Gasteiger partial charge in [-0.2, -0.15) is 13.2 Å². The third-order valence-electron chi connectivity index (χ3n) is 2.85. The second-order valence-electron chi connectivity index (χ2n) is 6.82. The van der Waals surface area contributed by atoms with Crippen LogP contribution in [0.5, 0.6) is 0 Å². The number of amides is 1. The standard InChI is InChI=1S/C16H32F3N5O2/c1-6-20-13(21-8-7-11-24(5)12-16(17,18)19)22-9-10-23-14(25)26-15(2,3)4/h6-12H2,1-5H3,(H,23,25)(H2,20,21,22). The Morgan fingerprint density at radius 2 is 1.73 bits per heavy atom. The van der Waals surface area contributed by atoms with Crippen molar-refractivity contribution in [1.29, 1.82) is 0 Å². The number of carbonyl (C=O) groups excluding carboxylic acids is 1. The van der Waals surface area contributed by atoms with Crippen molar-refractivity contribution < 1.29 is 22.7 Å². The van der Waals surface area contributed by atoms with Gasteiger partial charge >= 0.3 is 12.3 Å². The van der Waals surface area contributed by atoms with Gasteiger partial charge in [0, 0.05) is 26.2 Å². The number of alkyl halides is 3. The summed E-state index contributed by atoms with van der Waals surface area (Å²) in [5, 5.41) is 8.70. The molecule has 0 bridgehead atoms. The summed E-state index contributed by atoms with van der Waals surface area (Å²) in [7, 11) is 1.43. The van der Waals surface area contributed by atoms with Crippen molar-refractivity contribution in [3.63, 3.8) is 0 Å². The van der Waals surface area contributed by atoms with Crippen LogP contribution < -0.4 is 16.0 Å². The van der Waals surface area contributed by atoms with Gasteiger partial charge in [-0.05, 0) is 47.7 Å². The van der Waals surface area contributed by atoms with Crippen LogP contribution in [0.25, 0.3) is 0 Å². The molecule has 0 spiro atoms. The smallest absolute Gasteiger partial charge is 0.407 e. The Balaban J connectivity index is 4.08. The summed E-state index contributed by atoms with van der Waals surface area (Å²) in [4.78, 5) is 17.0. The second-order valence-corrected chi connectivity index (χ2v) is 6.82. The van der Waals surface area contributed by atoms with Crippen LogP contribution in [0, 0.1) is 0 Å². The molecule has 0 aromatic heterocycles. The molecular formula is C16H32F3N5O2. The molecule has 0 rings (SSSR count). The van der Waals surface area contributed by atoms with Gasteiger partial charge in [-0.25, -0.2) is 4.79 Å². The van der Waals surface area contributed by atoms with Crippen LogP contribution in [0.3, 0.4) is 0 Å². The van der Waals surface area contributed by atoms with E-state index in [1.807, 2.05) is 6.92 Å². The summed E-state index contributed by atoms with van der Waals surface area (Å²) >= 11 is 0. The molecule has 0 aromatic carbocycles. The SMILES string of the molecule is CCNC(=NCCCN(C)CC(F)(F)F)NCCNC(=O)OC(C)(C)C. The minimum Gasteiger partial charge on any atom is -0.444 e. The average Bonchev–Trinajstić information content (AvgIpc) is 2.44. The van der Waals surface area contributed by atoms with Crippen LogP contribution in [0.15, 0.2) is 4.99 Å². The Hall–Kier alpha value is -1.71. The van der Waals surface area contributed by atoms with Crippen molar-refractivity contribution in [2.75, 3.05) is 46.3 Å². The summed E-state index contributed by atoms with van der Waals surface area (Å²) in [5.74, 6) is 0.553. The first-order valence-corrected chi connectivity index (χ1v) is 8.67. The van der Waals surface area contributed by atoms with Gasteiger partial charge in [-0.1, -0.05) is 0 Å². The molecule has 10 heteroatoms. The predicted molar refractivity (Wildman–Crippen MR) is 96.4 cm³/mol. The molecule has 0 radical (unpaired) electrons. The number of guanidine groups is 1. The van der Waals surface area contributed by atoms with E-state index in [-0.39, 0.29) is 0 Å². The van der Waals surface area contributed by atoms with E-state index in [1.54, 1.807) is 20.8 Å². The summed E-state index contributed by atoms with van der Waals surface area (Å²) in [6.45, 7) is 8.50. The zero-order chi connectivity index (χ0) is 20.2.